The fourth-order valence-corrected chi connectivity index (χ4v) is 1.82. The van der Waals surface area contributed by atoms with E-state index >= 15 is 0 Å². The number of aryl methyl sites for hydroxylation is 1. The van der Waals surface area contributed by atoms with Crippen LogP contribution in [0.15, 0.2) is 12.3 Å². The molecule has 1 saturated carbocycles. The maximum atomic E-state index is 11.8. The molecule has 0 atom stereocenters. The largest absolute Gasteiger partial charge is 0.349 e. The van der Waals surface area contributed by atoms with Crippen LogP contribution in [0.5, 0.6) is 0 Å². The van der Waals surface area contributed by atoms with Gasteiger partial charge in [-0.15, -0.1) is 0 Å². The third kappa shape index (κ3) is 1.78. The van der Waals surface area contributed by atoms with E-state index in [0.717, 1.165) is 12.1 Å². The van der Waals surface area contributed by atoms with Gasteiger partial charge in [-0.25, -0.2) is 0 Å². The molecular weight excluding hydrogens is 204 g/mol. The van der Waals surface area contributed by atoms with Crippen LogP contribution in [-0.2, 0) is 18.4 Å². The highest BCUT2D eigenvalue weighted by atomic mass is 16.2. The van der Waals surface area contributed by atoms with E-state index in [1.54, 1.807) is 4.68 Å². The van der Waals surface area contributed by atoms with Crippen LogP contribution in [-0.4, -0.2) is 15.7 Å². The molecule has 1 aliphatic carbocycles. The van der Waals surface area contributed by atoms with E-state index in [-0.39, 0.29) is 5.91 Å². The Morgan fingerprint density at radius 2 is 2.50 bits per heavy atom. The number of nitrogens with zero attached hydrogens (tertiary/aromatic N) is 3. The van der Waals surface area contributed by atoms with Crippen molar-refractivity contribution in [2.24, 2.45) is 12.5 Å². The average molecular weight is 218 g/mol. The van der Waals surface area contributed by atoms with Gasteiger partial charge in [0.15, 0.2) is 0 Å². The minimum Gasteiger partial charge on any atom is -0.349 e. The van der Waals surface area contributed by atoms with Gasteiger partial charge in [0.25, 0.3) is 0 Å². The fourth-order valence-electron chi connectivity index (χ4n) is 1.82. The van der Waals surface area contributed by atoms with Crippen LogP contribution in [0.1, 0.15) is 25.0 Å². The standard InChI is InChI=1S/C11H14N4O/c1-15-6-3-9(14-15)7-13-10(16)11(8-12)4-2-5-11/h3,6H,2,4-5,7H2,1H3,(H,13,16). The van der Waals surface area contributed by atoms with Crippen molar-refractivity contribution in [3.63, 3.8) is 0 Å². The number of nitriles is 1. The molecule has 0 spiro atoms. The average Bonchev–Trinajstić information content (AvgIpc) is 2.60. The van der Waals surface area contributed by atoms with Gasteiger partial charge in [0.05, 0.1) is 18.3 Å². The third-order valence-electron chi connectivity index (χ3n) is 3.05. The van der Waals surface area contributed by atoms with E-state index in [1.165, 1.54) is 0 Å². The maximum absolute atomic E-state index is 11.8. The van der Waals surface area contributed by atoms with E-state index in [0.29, 0.717) is 19.4 Å². The lowest BCUT2D eigenvalue weighted by atomic mass is 9.69. The quantitative estimate of drug-likeness (QED) is 0.813. The van der Waals surface area contributed by atoms with E-state index in [4.69, 9.17) is 5.26 Å². The number of amides is 1. The summed E-state index contributed by atoms with van der Waals surface area (Å²) in [4.78, 5) is 11.8. The van der Waals surface area contributed by atoms with Crippen LogP contribution >= 0.6 is 0 Å². The summed E-state index contributed by atoms with van der Waals surface area (Å²) in [7, 11) is 1.83. The summed E-state index contributed by atoms with van der Waals surface area (Å²) in [6, 6.07) is 3.97. The molecule has 5 nitrogen and oxygen atoms in total. The van der Waals surface area contributed by atoms with E-state index in [2.05, 4.69) is 16.5 Å². The van der Waals surface area contributed by atoms with Crippen LogP contribution in [0.25, 0.3) is 0 Å². The molecule has 5 heteroatoms. The highest BCUT2D eigenvalue weighted by molar-refractivity contribution is 5.86. The van der Waals surface area contributed by atoms with Crippen molar-refractivity contribution in [3.8, 4) is 6.07 Å². The molecule has 84 valence electrons. The molecule has 1 aromatic heterocycles. The van der Waals surface area contributed by atoms with Crippen LogP contribution in [0, 0.1) is 16.7 Å². The van der Waals surface area contributed by atoms with Gasteiger partial charge in [0.1, 0.15) is 5.41 Å². The van der Waals surface area contributed by atoms with Gasteiger partial charge in [-0.3, -0.25) is 9.48 Å². The van der Waals surface area contributed by atoms with Crippen molar-refractivity contribution in [2.45, 2.75) is 25.8 Å². The van der Waals surface area contributed by atoms with Gasteiger partial charge in [0.2, 0.25) is 5.91 Å². The lowest BCUT2D eigenvalue weighted by molar-refractivity contribution is -0.131. The van der Waals surface area contributed by atoms with Crippen LogP contribution in [0.4, 0.5) is 0 Å². The second-order valence-corrected chi connectivity index (χ2v) is 4.21. The number of hydrogen-bond donors (Lipinski definition) is 1. The summed E-state index contributed by atoms with van der Waals surface area (Å²) in [5.74, 6) is -0.160. The van der Waals surface area contributed by atoms with Crippen LogP contribution in [0.2, 0.25) is 0 Å². The van der Waals surface area contributed by atoms with Gasteiger partial charge in [-0.1, -0.05) is 0 Å². The zero-order valence-electron chi connectivity index (χ0n) is 9.23. The summed E-state index contributed by atoms with van der Waals surface area (Å²) in [6.45, 7) is 0.392. The lowest BCUT2D eigenvalue weighted by Crippen LogP contribution is -2.44. The summed E-state index contributed by atoms with van der Waals surface area (Å²) in [5.41, 5.74) is 0.0395. The van der Waals surface area contributed by atoms with Gasteiger partial charge in [-0.05, 0) is 25.3 Å². The molecular formula is C11H14N4O. The molecule has 1 N–H and O–H groups in total. The van der Waals surface area contributed by atoms with Crippen molar-refractivity contribution < 1.29 is 4.79 Å². The first-order chi connectivity index (χ1) is 7.66. The highest BCUT2D eigenvalue weighted by Crippen LogP contribution is 2.40. The van der Waals surface area contributed by atoms with Crippen molar-refractivity contribution >= 4 is 5.91 Å². The SMILES string of the molecule is Cn1ccc(CNC(=O)C2(C#N)CCC2)n1. The lowest BCUT2D eigenvalue weighted by Gasteiger charge is -2.33. The van der Waals surface area contributed by atoms with Crippen molar-refractivity contribution in [1.29, 1.82) is 5.26 Å². The van der Waals surface area contributed by atoms with E-state index in [9.17, 15) is 4.79 Å². The van der Waals surface area contributed by atoms with Gasteiger partial charge in [-0.2, -0.15) is 10.4 Å². The van der Waals surface area contributed by atoms with E-state index < -0.39 is 5.41 Å². The smallest absolute Gasteiger partial charge is 0.240 e. The molecule has 1 amide bonds. The Bertz CT molecular complexity index is 439. The summed E-state index contributed by atoms with van der Waals surface area (Å²) in [5, 5.41) is 15.9. The molecule has 1 aromatic rings. The molecule has 2 rings (SSSR count). The third-order valence-corrected chi connectivity index (χ3v) is 3.05. The molecule has 0 aromatic carbocycles. The Labute approximate surface area is 94.1 Å². The first-order valence-corrected chi connectivity index (χ1v) is 5.34. The Kier molecular flexibility index (Phi) is 2.65. The Morgan fingerprint density at radius 1 is 1.75 bits per heavy atom. The number of carbonyl (C=O) groups is 1. The second kappa shape index (κ2) is 3.97. The number of rotatable bonds is 3. The van der Waals surface area contributed by atoms with Crippen molar-refractivity contribution in [1.82, 2.24) is 15.1 Å². The summed E-state index contributed by atoms with van der Waals surface area (Å²) >= 11 is 0. The number of hydrogen-bond acceptors (Lipinski definition) is 3. The molecule has 0 radical (unpaired) electrons. The predicted octanol–water partition coefficient (Wildman–Crippen LogP) is 0.730. The van der Waals surface area contributed by atoms with Crippen molar-refractivity contribution in [3.05, 3.63) is 18.0 Å². The molecule has 1 fully saturated rings. The highest BCUT2D eigenvalue weighted by Gasteiger charge is 2.44. The van der Waals surface area contributed by atoms with Gasteiger partial charge in [0, 0.05) is 13.2 Å². The molecule has 16 heavy (non-hydrogen) atoms. The zero-order valence-corrected chi connectivity index (χ0v) is 9.23. The van der Waals surface area contributed by atoms with Crippen molar-refractivity contribution in [2.75, 3.05) is 0 Å². The normalized spacial score (nSPS) is 17.2. The van der Waals surface area contributed by atoms with Crippen LogP contribution in [0.3, 0.4) is 0 Å². The topological polar surface area (TPSA) is 70.7 Å². The summed E-state index contributed by atoms with van der Waals surface area (Å²) in [6.07, 6.45) is 4.14. The minimum absolute atomic E-state index is 0.160. The first-order valence-electron chi connectivity index (χ1n) is 5.34. The van der Waals surface area contributed by atoms with E-state index in [1.807, 2.05) is 19.3 Å². The first kappa shape index (κ1) is 10.7. The second-order valence-electron chi connectivity index (χ2n) is 4.21. The molecule has 1 aliphatic rings. The fraction of sp³-hybridized carbons (Fsp3) is 0.545. The number of nitrogens with one attached hydrogen (secondary N) is 1. The number of aromatic nitrogens is 2. The monoisotopic (exact) mass is 218 g/mol. The maximum Gasteiger partial charge on any atom is 0.240 e. The predicted molar refractivity (Wildman–Crippen MR) is 57.0 cm³/mol. The minimum atomic E-state index is -0.769. The Morgan fingerprint density at radius 3 is 2.94 bits per heavy atom. The molecule has 0 unspecified atom stereocenters. The zero-order chi connectivity index (χ0) is 11.6. The summed E-state index contributed by atoms with van der Waals surface area (Å²) < 4.78 is 1.69. The number of carbonyl (C=O) groups excluding carboxylic acids is 1. The van der Waals surface area contributed by atoms with Crippen LogP contribution < -0.4 is 5.32 Å². The molecule has 0 saturated heterocycles. The molecule has 1 heterocycles. The van der Waals surface area contributed by atoms with Gasteiger partial charge >= 0.3 is 0 Å². The Balaban J connectivity index is 1.91. The Hall–Kier alpha value is -1.83. The van der Waals surface area contributed by atoms with Gasteiger partial charge < -0.3 is 5.32 Å². The molecule has 0 aliphatic heterocycles. The molecule has 0 bridgehead atoms.